The monoisotopic (exact) mass is 190 g/mol. The molecule has 0 atom stereocenters. The number of amidine groups is 1. The van der Waals surface area contributed by atoms with Crippen molar-refractivity contribution >= 4 is 11.5 Å². The van der Waals surface area contributed by atoms with Crippen molar-refractivity contribution in [2.45, 2.75) is 19.4 Å². The summed E-state index contributed by atoms with van der Waals surface area (Å²) in [5.41, 5.74) is 1.77. The summed E-state index contributed by atoms with van der Waals surface area (Å²) in [5.74, 6) is 1.00. The van der Waals surface area contributed by atoms with E-state index in [1.165, 1.54) is 6.07 Å². The molecule has 0 amide bonds. The maximum absolute atomic E-state index is 13.4. The number of hydrogen-bond donors (Lipinski definition) is 0. The van der Waals surface area contributed by atoms with Crippen molar-refractivity contribution in [2.75, 3.05) is 11.4 Å². The van der Waals surface area contributed by atoms with Gasteiger partial charge < -0.3 is 4.90 Å². The van der Waals surface area contributed by atoms with Gasteiger partial charge in [-0.2, -0.15) is 0 Å². The molecule has 2 aliphatic rings. The number of nitrogens with zero attached hydrogens (tertiary/aromatic N) is 2. The Morgan fingerprint density at radius 2 is 2.29 bits per heavy atom. The zero-order chi connectivity index (χ0) is 9.54. The van der Waals surface area contributed by atoms with E-state index in [4.69, 9.17) is 0 Å². The summed E-state index contributed by atoms with van der Waals surface area (Å²) in [6.07, 6.45) is 2.17. The van der Waals surface area contributed by atoms with Crippen molar-refractivity contribution in [1.29, 1.82) is 0 Å². The summed E-state index contributed by atoms with van der Waals surface area (Å²) in [5, 5.41) is 0. The first-order valence-corrected chi connectivity index (χ1v) is 4.94. The highest BCUT2D eigenvalue weighted by atomic mass is 19.1. The Labute approximate surface area is 82.1 Å². The molecule has 3 rings (SSSR count). The molecule has 0 radical (unpaired) electrons. The third-order valence-corrected chi connectivity index (χ3v) is 2.90. The van der Waals surface area contributed by atoms with Gasteiger partial charge in [0, 0.05) is 18.5 Å². The largest absolute Gasteiger partial charge is 0.330 e. The average Bonchev–Trinajstić information content (AvgIpc) is 2.66. The van der Waals surface area contributed by atoms with Crippen LogP contribution in [0.4, 0.5) is 10.1 Å². The average molecular weight is 190 g/mol. The molecule has 1 aromatic carbocycles. The third-order valence-electron chi connectivity index (χ3n) is 2.90. The fourth-order valence-corrected chi connectivity index (χ4v) is 2.21. The van der Waals surface area contributed by atoms with Crippen LogP contribution in [0.5, 0.6) is 0 Å². The number of aliphatic imine (C=N–C) groups is 1. The molecular weight excluding hydrogens is 179 g/mol. The molecular formula is C11H11FN2. The Hall–Kier alpha value is -1.38. The highest BCUT2D eigenvalue weighted by Crippen LogP contribution is 2.31. The second kappa shape index (κ2) is 2.80. The maximum atomic E-state index is 13.4. The molecule has 72 valence electrons. The lowest BCUT2D eigenvalue weighted by Crippen LogP contribution is -2.28. The van der Waals surface area contributed by atoms with Crippen LogP contribution in [0.2, 0.25) is 0 Å². The number of rotatable bonds is 0. The fourth-order valence-electron chi connectivity index (χ4n) is 2.21. The van der Waals surface area contributed by atoms with Crippen LogP contribution in [0.1, 0.15) is 18.4 Å². The Morgan fingerprint density at radius 1 is 1.36 bits per heavy atom. The number of benzene rings is 1. The van der Waals surface area contributed by atoms with Gasteiger partial charge in [-0.15, -0.1) is 0 Å². The van der Waals surface area contributed by atoms with Gasteiger partial charge in [0.25, 0.3) is 0 Å². The fraction of sp³-hybridized carbons (Fsp3) is 0.364. The van der Waals surface area contributed by atoms with Crippen LogP contribution in [-0.2, 0) is 6.54 Å². The summed E-state index contributed by atoms with van der Waals surface area (Å²) >= 11 is 0. The van der Waals surface area contributed by atoms with Gasteiger partial charge in [0.2, 0.25) is 0 Å². The lowest BCUT2D eigenvalue weighted by molar-refractivity contribution is 0.609. The predicted octanol–water partition coefficient (Wildman–Crippen LogP) is 2.34. The molecule has 0 aromatic heterocycles. The van der Waals surface area contributed by atoms with E-state index in [1.54, 1.807) is 6.07 Å². The van der Waals surface area contributed by atoms with Gasteiger partial charge in [0.05, 0.1) is 12.2 Å². The molecule has 0 bridgehead atoms. The topological polar surface area (TPSA) is 15.6 Å². The highest BCUT2D eigenvalue weighted by Gasteiger charge is 2.26. The van der Waals surface area contributed by atoms with E-state index in [9.17, 15) is 4.39 Å². The van der Waals surface area contributed by atoms with Crippen LogP contribution < -0.4 is 4.90 Å². The molecule has 0 spiro atoms. The van der Waals surface area contributed by atoms with E-state index in [0.717, 1.165) is 36.5 Å². The van der Waals surface area contributed by atoms with Gasteiger partial charge in [-0.3, -0.25) is 4.99 Å². The van der Waals surface area contributed by atoms with Crippen molar-refractivity contribution < 1.29 is 4.39 Å². The van der Waals surface area contributed by atoms with Crippen molar-refractivity contribution in [3.05, 3.63) is 29.6 Å². The molecule has 1 fully saturated rings. The molecule has 0 saturated carbocycles. The smallest absolute Gasteiger partial charge is 0.130 e. The quantitative estimate of drug-likeness (QED) is 0.613. The Kier molecular flexibility index (Phi) is 1.60. The summed E-state index contributed by atoms with van der Waals surface area (Å²) in [6.45, 7) is 1.49. The van der Waals surface area contributed by atoms with Crippen LogP contribution >= 0.6 is 0 Å². The van der Waals surface area contributed by atoms with Crippen molar-refractivity contribution in [3.8, 4) is 0 Å². The minimum Gasteiger partial charge on any atom is -0.330 e. The SMILES string of the molecule is Fc1cccc2c1CN=C1CCCN12. The Morgan fingerprint density at radius 3 is 3.21 bits per heavy atom. The second-order valence-corrected chi connectivity index (χ2v) is 3.73. The van der Waals surface area contributed by atoms with Crippen molar-refractivity contribution in [1.82, 2.24) is 0 Å². The van der Waals surface area contributed by atoms with Crippen LogP contribution in [-0.4, -0.2) is 12.4 Å². The van der Waals surface area contributed by atoms with Crippen LogP contribution in [0, 0.1) is 5.82 Å². The third kappa shape index (κ3) is 0.983. The highest BCUT2D eigenvalue weighted by molar-refractivity contribution is 6.01. The van der Waals surface area contributed by atoms with Crippen molar-refractivity contribution in [3.63, 3.8) is 0 Å². The minimum atomic E-state index is -0.128. The number of hydrogen-bond acceptors (Lipinski definition) is 2. The van der Waals surface area contributed by atoms with E-state index in [-0.39, 0.29) is 5.82 Å². The van der Waals surface area contributed by atoms with Crippen molar-refractivity contribution in [2.24, 2.45) is 4.99 Å². The summed E-state index contributed by atoms with van der Waals surface area (Å²) in [4.78, 5) is 6.54. The Balaban J connectivity index is 2.15. The molecule has 2 nitrogen and oxygen atoms in total. The predicted molar refractivity (Wildman–Crippen MR) is 54.1 cm³/mol. The van der Waals surface area contributed by atoms with E-state index in [1.807, 2.05) is 6.07 Å². The maximum Gasteiger partial charge on any atom is 0.130 e. The molecule has 1 saturated heterocycles. The molecule has 2 aliphatic heterocycles. The molecule has 0 unspecified atom stereocenters. The van der Waals surface area contributed by atoms with Gasteiger partial charge in [-0.05, 0) is 18.6 Å². The number of fused-ring (bicyclic) bond motifs is 3. The molecule has 0 N–H and O–H groups in total. The number of anilines is 1. The summed E-state index contributed by atoms with van der Waals surface area (Å²) in [7, 11) is 0. The first-order valence-electron chi connectivity index (χ1n) is 4.94. The minimum absolute atomic E-state index is 0.128. The molecule has 1 aromatic rings. The molecule has 14 heavy (non-hydrogen) atoms. The standard InChI is InChI=1S/C11H11FN2/c12-9-3-1-4-10-8(9)7-13-11-5-2-6-14(10)11/h1,3-4H,2,5-7H2. The molecule has 2 heterocycles. The lowest BCUT2D eigenvalue weighted by atomic mass is 10.1. The Bertz CT molecular complexity index is 412. The van der Waals surface area contributed by atoms with E-state index in [2.05, 4.69) is 9.89 Å². The lowest BCUT2D eigenvalue weighted by Gasteiger charge is -2.26. The summed E-state index contributed by atoms with van der Waals surface area (Å²) in [6, 6.07) is 5.27. The van der Waals surface area contributed by atoms with Gasteiger partial charge in [-0.1, -0.05) is 6.07 Å². The van der Waals surface area contributed by atoms with Crippen LogP contribution in [0.15, 0.2) is 23.2 Å². The van der Waals surface area contributed by atoms with Gasteiger partial charge in [0.1, 0.15) is 11.7 Å². The molecule has 0 aliphatic carbocycles. The zero-order valence-electron chi connectivity index (χ0n) is 7.83. The number of halogens is 1. The van der Waals surface area contributed by atoms with E-state index < -0.39 is 0 Å². The molecule has 3 heteroatoms. The first kappa shape index (κ1) is 7.97. The first-order chi connectivity index (χ1) is 6.86. The van der Waals surface area contributed by atoms with Crippen LogP contribution in [0.25, 0.3) is 0 Å². The van der Waals surface area contributed by atoms with E-state index >= 15 is 0 Å². The zero-order valence-corrected chi connectivity index (χ0v) is 7.83. The van der Waals surface area contributed by atoms with Gasteiger partial charge >= 0.3 is 0 Å². The summed E-state index contributed by atoms with van der Waals surface area (Å²) < 4.78 is 13.4. The normalized spacial score (nSPS) is 18.9. The second-order valence-electron chi connectivity index (χ2n) is 3.73. The van der Waals surface area contributed by atoms with Crippen LogP contribution in [0.3, 0.4) is 0 Å². The van der Waals surface area contributed by atoms with Gasteiger partial charge in [-0.25, -0.2) is 4.39 Å². The van der Waals surface area contributed by atoms with Gasteiger partial charge in [0.15, 0.2) is 0 Å². The van der Waals surface area contributed by atoms with E-state index in [0.29, 0.717) is 6.54 Å².